The van der Waals surface area contributed by atoms with Gasteiger partial charge in [0.2, 0.25) is 5.88 Å². The van der Waals surface area contributed by atoms with Gasteiger partial charge in [0.25, 0.3) is 11.8 Å². The van der Waals surface area contributed by atoms with Crippen molar-refractivity contribution in [2.24, 2.45) is 37.6 Å². The predicted molar refractivity (Wildman–Crippen MR) is 146 cm³/mol. The summed E-state index contributed by atoms with van der Waals surface area (Å²) in [6, 6.07) is 5.73. The van der Waals surface area contributed by atoms with Gasteiger partial charge in [0.05, 0.1) is 22.7 Å². The second-order valence-corrected chi connectivity index (χ2v) is 11.9. The molecule has 3 unspecified atom stereocenters. The third-order valence-corrected chi connectivity index (χ3v) is 8.54. The number of anilines is 1. The molecule has 2 heterocycles. The van der Waals surface area contributed by atoms with E-state index in [0.29, 0.717) is 35.6 Å². The number of amides is 2. The first-order valence-electron chi connectivity index (χ1n) is 13.4. The number of nitrogens with two attached hydrogens (primary N) is 1. The van der Waals surface area contributed by atoms with Gasteiger partial charge in [-0.2, -0.15) is 0 Å². The van der Waals surface area contributed by atoms with E-state index >= 15 is 0 Å². The molecule has 3 atom stereocenters. The molecule has 5 rings (SSSR count). The van der Waals surface area contributed by atoms with Crippen LogP contribution in [0.25, 0.3) is 0 Å². The van der Waals surface area contributed by atoms with E-state index in [9.17, 15) is 19.1 Å². The first kappa shape index (κ1) is 28.1. The van der Waals surface area contributed by atoms with Crippen molar-refractivity contribution in [3.8, 4) is 5.88 Å². The molecule has 2 aromatic heterocycles. The number of imidazole rings is 1. The summed E-state index contributed by atoms with van der Waals surface area (Å²) in [6.07, 6.45) is 3.46. The molecule has 2 amide bonds. The van der Waals surface area contributed by atoms with Crippen LogP contribution in [0.3, 0.4) is 0 Å². The van der Waals surface area contributed by atoms with E-state index in [-0.39, 0.29) is 40.5 Å². The second kappa shape index (κ2) is 10.5. The van der Waals surface area contributed by atoms with Crippen LogP contribution < -0.4 is 15.8 Å². The summed E-state index contributed by atoms with van der Waals surface area (Å²) in [6.45, 7) is 3.69. The smallest absolute Gasteiger partial charge is 0.274 e. The molecule has 2 saturated carbocycles. The van der Waals surface area contributed by atoms with Crippen LogP contribution in [0.4, 0.5) is 10.1 Å². The number of carbonyl (C=O) groups excluding carboxylic acids is 2. The predicted octanol–water partition coefficient (Wildman–Crippen LogP) is 3.88. The Labute approximate surface area is 236 Å². The largest absolute Gasteiger partial charge is 0.463 e. The van der Waals surface area contributed by atoms with Crippen molar-refractivity contribution in [2.75, 3.05) is 5.32 Å². The molecule has 0 saturated heterocycles. The van der Waals surface area contributed by atoms with E-state index in [4.69, 9.17) is 22.1 Å². The van der Waals surface area contributed by atoms with Crippen LogP contribution in [-0.2, 0) is 24.5 Å². The van der Waals surface area contributed by atoms with Crippen LogP contribution in [0, 0.1) is 23.6 Å². The van der Waals surface area contributed by atoms with Crippen molar-refractivity contribution in [3.63, 3.8) is 0 Å². The lowest BCUT2D eigenvalue weighted by Crippen LogP contribution is -2.38. The number of ether oxygens (including phenoxy) is 1. The van der Waals surface area contributed by atoms with Gasteiger partial charge in [0, 0.05) is 31.8 Å². The minimum atomic E-state index is -1.09. The van der Waals surface area contributed by atoms with Crippen LogP contribution in [0.2, 0.25) is 5.02 Å². The molecule has 2 fully saturated rings. The molecule has 4 N–H and O–H groups in total. The number of hydrogen-bond donors (Lipinski definition) is 3. The summed E-state index contributed by atoms with van der Waals surface area (Å²) in [4.78, 5) is 29.6. The number of aliphatic hydroxyl groups is 1. The molecular weight excluding hydrogens is 539 g/mol. The van der Waals surface area contributed by atoms with E-state index in [1.165, 1.54) is 18.2 Å². The molecule has 0 bridgehead atoms. The Balaban J connectivity index is 1.29. The third kappa shape index (κ3) is 5.19. The minimum Gasteiger partial charge on any atom is -0.463 e. The number of hydrogen-bond acceptors (Lipinski definition) is 6. The number of nitrogens with zero attached hydrogens (tertiary/aromatic N) is 4. The Bertz CT molecular complexity index is 1440. The summed E-state index contributed by atoms with van der Waals surface area (Å²) >= 11 is 5.87. The number of aromatic nitrogens is 4. The lowest BCUT2D eigenvalue weighted by Gasteiger charge is -2.24. The first-order valence-corrected chi connectivity index (χ1v) is 13.7. The molecule has 10 nitrogen and oxygen atoms in total. The summed E-state index contributed by atoms with van der Waals surface area (Å²) < 4.78 is 22.6. The molecule has 2 aliphatic carbocycles. The fourth-order valence-corrected chi connectivity index (χ4v) is 6.65. The maximum Gasteiger partial charge on any atom is 0.274 e. The summed E-state index contributed by atoms with van der Waals surface area (Å²) in [5, 5.41) is 18.8. The van der Waals surface area contributed by atoms with Crippen molar-refractivity contribution in [1.29, 1.82) is 0 Å². The molecule has 1 aromatic carbocycles. The van der Waals surface area contributed by atoms with Gasteiger partial charge in [0.15, 0.2) is 6.10 Å². The fraction of sp³-hybridized carbons (Fsp3) is 0.500. The molecule has 0 aliphatic heterocycles. The number of benzene rings is 1. The van der Waals surface area contributed by atoms with Gasteiger partial charge in [0.1, 0.15) is 17.1 Å². The Hall–Kier alpha value is -3.44. The van der Waals surface area contributed by atoms with Crippen LogP contribution in [0.15, 0.2) is 30.6 Å². The highest BCUT2D eigenvalue weighted by Gasteiger charge is 2.51. The third-order valence-electron chi connectivity index (χ3n) is 8.25. The molecule has 40 heavy (non-hydrogen) atoms. The SMILES string of the molecule is CC(C)C(Oc1cc(C2(O)CC3CC(c4ncn(C)c4C(=O)Nc4ccc(F)c(Cl)c4)CC3C2)n(C)n1)C(N)=O. The number of primary amides is 1. The number of carbonyl (C=O) groups is 2. The normalized spacial score (nSPS) is 24.8. The van der Waals surface area contributed by atoms with E-state index in [2.05, 4.69) is 15.4 Å². The number of rotatable bonds is 8. The average molecular weight is 573 g/mol. The van der Waals surface area contributed by atoms with E-state index in [0.717, 1.165) is 12.8 Å². The lowest BCUT2D eigenvalue weighted by atomic mass is 9.90. The van der Waals surface area contributed by atoms with Gasteiger partial charge < -0.3 is 25.5 Å². The average Bonchev–Trinajstić information content (AvgIpc) is 3.61. The summed E-state index contributed by atoms with van der Waals surface area (Å²) in [5.74, 6) is -0.805. The van der Waals surface area contributed by atoms with E-state index in [1.807, 2.05) is 13.8 Å². The van der Waals surface area contributed by atoms with Gasteiger partial charge >= 0.3 is 0 Å². The zero-order valence-corrected chi connectivity index (χ0v) is 23.7. The fourth-order valence-electron chi connectivity index (χ4n) is 6.47. The summed E-state index contributed by atoms with van der Waals surface area (Å²) in [5.41, 5.74) is 6.59. The van der Waals surface area contributed by atoms with Crippen LogP contribution in [-0.4, -0.2) is 42.4 Å². The van der Waals surface area contributed by atoms with Crippen molar-refractivity contribution < 1.29 is 23.8 Å². The van der Waals surface area contributed by atoms with Gasteiger partial charge in [-0.25, -0.2) is 9.37 Å². The maximum absolute atomic E-state index is 13.5. The highest BCUT2D eigenvalue weighted by molar-refractivity contribution is 6.31. The number of halogens is 2. The quantitative estimate of drug-likeness (QED) is 0.375. The Morgan fingerprint density at radius 1 is 1.23 bits per heavy atom. The molecule has 0 radical (unpaired) electrons. The zero-order chi connectivity index (χ0) is 28.9. The molecule has 3 aromatic rings. The van der Waals surface area contributed by atoms with Crippen LogP contribution in [0.1, 0.15) is 67.3 Å². The van der Waals surface area contributed by atoms with Gasteiger partial charge in [-0.05, 0) is 61.6 Å². The first-order chi connectivity index (χ1) is 18.9. The van der Waals surface area contributed by atoms with Gasteiger partial charge in [-0.15, -0.1) is 5.10 Å². The van der Waals surface area contributed by atoms with Crippen molar-refractivity contribution in [1.82, 2.24) is 19.3 Å². The topological polar surface area (TPSA) is 137 Å². The minimum absolute atomic E-state index is 0.0612. The highest BCUT2D eigenvalue weighted by Crippen LogP contribution is 2.57. The molecule has 2 aliphatic rings. The number of nitrogens with one attached hydrogen (secondary N) is 1. The summed E-state index contributed by atoms with van der Waals surface area (Å²) in [7, 11) is 3.51. The Morgan fingerprint density at radius 2 is 1.90 bits per heavy atom. The van der Waals surface area contributed by atoms with Crippen molar-refractivity contribution >= 4 is 29.1 Å². The van der Waals surface area contributed by atoms with Gasteiger partial charge in [-0.3, -0.25) is 14.3 Å². The Morgan fingerprint density at radius 3 is 2.50 bits per heavy atom. The van der Waals surface area contributed by atoms with Crippen molar-refractivity contribution in [3.05, 3.63) is 58.5 Å². The molecular formula is C28H34ClFN6O4. The number of fused-ring (bicyclic) bond motifs is 1. The standard InChI is InChI=1S/C28H34ClFN6O4/c1-14(2)25(26(31)37)40-22-10-21(36(4)34-22)28(39)11-16-7-15(8-17(16)12-28)23-24(35(3)13-32-23)27(38)33-18-5-6-20(30)19(29)9-18/h5-6,9-10,13-17,25,39H,7-8,11-12H2,1-4H3,(H2,31,37)(H,33,38). The van der Waals surface area contributed by atoms with Crippen LogP contribution >= 0.6 is 11.6 Å². The van der Waals surface area contributed by atoms with E-state index < -0.39 is 23.4 Å². The maximum atomic E-state index is 13.5. The highest BCUT2D eigenvalue weighted by atomic mass is 35.5. The Kier molecular flexibility index (Phi) is 7.39. The van der Waals surface area contributed by atoms with Gasteiger partial charge in [-0.1, -0.05) is 25.4 Å². The molecule has 12 heteroatoms. The monoisotopic (exact) mass is 572 g/mol. The van der Waals surface area contributed by atoms with Crippen LogP contribution in [0.5, 0.6) is 5.88 Å². The molecule has 214 valence electrons. The van der Waals surface area contributed by atoms with E-state index in [1.54, 1.807) is 35.7 Å². The van der Waals surface area contributed by atoms with Crippen molar-refractivity contribution in [2.45, 2.75) is 57.2 Å². The number of aryl methyl sites for hydroxylation is 2. The second-order valence-electron chi connectivity index (χ2n) is 11.5. The zero-order valence-electron chi connectivity index (χ0n) is 22.9. The lowest BCUT2D eigenvalue weighted by molar-refractivity contribution is -0.126. The molecule has 0 spiro atoms.